The van der Waals surface area contributed by atoms with Crippen molar-refractivity contribution in [2.75, 3.05) is 26.7 Å². The number of allylic oxidation sites excluding steroid dienone is 2. The van der Waals surface area contributed by atoms with E-state index >= 15 is 0 Å². The van der Waals surface area contributed by atoms with Crippen molar-refractivity contribution in [3.63, 3.8) is 0 Å². The van der Waals surface area contributed by atoms with Gasteiger partial charge in [0, 0.05) is 31.3 Å². The summed E-state index contributed by atoms with van der Waals surface area (Å²) < 4.78 is 6.32. The summed E-state index contributed by atoms with van der Waals surface area (Å²) in [6, 6.07) is 10.7. The van der Waals surface area contributed by atoms with Crippen molar-refractivity contribution in [3.05, 3.63) is 65.4 Å². The molecule has 7 nitrogen and oxygen atoms in total. The fraction of sp³-hybridized carbons (Fsp3) is 0.444. The van der Waals surface area contributed by atoms with Gasteiger partial charge in [-0.1, -0.05) is 31.2 Å². The highest BCUT2D eigenvalue weighted by Gasteiger charge is 2.35. The smallest absolute Gasteiger partial charge is 0.259 e. The second kappa shape index (κ2) is 10.4. The molecule has 7 heteroatoms. The molecule has 0 unspecified atom stereocenters. The van der Waals surface area contributed by atoms with Crippen LogP contribution in [0.3, 0.4) is 0 Å². The highest BCUT2D eigenvalue weighted by atomic mass is 16.5. The highest BCUT2D eigenvalue weighted by molar-refractivity contribution is 5.97. The average molecular weight is 464 g/mol. The zero-order valence-corrected chi connectivity index (χ0v) is 20.1. The number of nitrogens with zero attached hydrogens (tertiary/aromatic N) is 3. The van der Waals surface area contributed by atoms with Gasteiger partial charge in [-0.25, -0.2) is 4.98 Å². The lowest BCUT2D eigenvalue weighted by Crippen LogP contribution is -2.50. The largest absolute Gasteiger partial charge is 0.472 e. The van der Waals surface area contributed by atoms with Crippen molar-refractivity contribution < 1.29 is 19.4 Å². The minimum absolute atomic E-state index is 0.0869. The lowest BCUT2D eigenvalue weighted by atomic mass is 9.99. The number of fused-ring (bicyclic) bond motifs is 1. The highest BCUT2D eigenvalue weighted by Crippen LogP contribution is 2.32. The third kappa shape index (κ3) is 4.99. The first kappa shape index (κ1) is 24.0. The summed E-state index contributed by atoms with van der Waals surface area (Å²) in [4.78, 5) is 34.4. The predicted molar refractivity (Wildman–Crippen MR) is 131 cm³/mol. The molecule has 1 aliphatic carbocycles. The van der Waals surface area contributed by atoms with Crippen molar-refractivity contribution in [1.82, 2.24) is 14.8 Å². The maximum Gasteiger partial charge on any atom is 0.259 e. The van der Waals surface area contributed by atoms with Crippen LogP contribution in [0.2, 0.25) is 0 Å². The number of likely N-dealkylation sites (N-methyl/N-ethyl adjacent to an activating group) is 1. The van der Waals surface area contributed by atoms with E-state index in [1.165, 1.54) is 5.57 Å². The van der Waals surface area contributed by atoms with E-state index in [2.05, 4.69) is 11.1 Å². The van der Waals surface area contributed by atoms with E-state index in [-0.39, 0.29) is 42.4 Å². The van der Waals surface area contributed by atoms with Crippen LogP contribution in [-0.4, -0.2) is 70.6 Å². The molecule has 1 aromatic heterocycles. The Bertz CT molecular complexity index is 1070. The molecule has 1 aromatic carbocycles. The first-order chi connectivity index (χ1) is 16.4. The van der Waals surface area contributed by atoms with E-state index in [1.807, 2.05) is 38.1 Å². The molecular weight excluding hydrogens is 430 g/mol. The number of carbonyl (C=O) groups is 2. The SMILES string of the molecule is C[C@H](CO)N1C[C@H](C)[C@@H](CN(C)C(=O)c2ccccc2)Oc2ncc(C3=CCCC3)cc2C1=O. The number of hydrogen-bond acceptors (Lipinski definition) is 5. The minimum atomic E-state index is -0.373. The van der Waals surface area contributed by atoms with Gasteiger partial charge in [0.2, 0.25) is 5.88 Å². The van der Waals surface area contributed by atoms with Crippen LogP contribution < -0.4 is 4.74 Å². The van der Waals surface area contributed by atoms with Crippen LogP contribution in [-0.2, 0) is 0 Å². The predicted octanol–water partition coefficient (Wildman–Crippen LogP) is 3.64. The first-order valence-corrected chi connectivity index (χ1v) is 12.0. The fourth-order valence-corrected chi connectivity index (χ4v) is 4.58. The zero-order valence-electron chi connectivity index (χ0n) is 20.1. The van der Waals surface area contributed by atoms with Crippen LogP contribution in [0.25, 0.3) is 5.57 Å². The average Bonchev–Trinajstić information content (AvgIpc) is 3.40. The summed E-state index contributed by atoms with van der Waals surface area (Å²) >= 11 is 0. The first-order valence-electron chi connectivity index (χ1n) is 12.0. The van der Waals surface area contributed by atoms with Crippen molar-refractivity contribution in [2.45, 2.75) is 45.3 Å². The third-order valence-corrected chi connectivity index (χ3v) is 6.75. The van der Waals surface area contributed by atoms with Crippen LogP contribution in [0.5, 0.6) is 5.88 Å². The molecule has 34 heavy (non-hydrogen) atoms. The summed E-state index contributed by atoms with van der Waals surface area (Å²) in [5, 5.41) is 9.84. The van der Waals surface area contributed by atoms with E-state index in [0.717, 1.165) is 24.8 Å². The van der Waals surface area contributed by atoms with Gasteiger partial charge in [0.1, 0.15) is 11.7 Å². The maximum absolute atomic E-state index is 13.5. The molecule has 0 spiro atoms. The number of ether oxygens (including phenoxy) is 1. The van der Waals surface area contributed by atoms with E-state index in [0.29, 0.717) is 24.2 Å². The standard InChI is InChI=1S/C27H33N3O4/c1-18-15-30(19(2)17-31)27(33)23-13-22(20-9-7-8-10-20)14-28-25(23)34-24(18)16-29(3)26(32)21-11-5-4-6-12-21/h4-6,9,11-14,18-19,24,31H,7-8,10,15-17H2,1-3H3/t18-,19+,24+/m0/s1. The minimum Gasteiger partial charge on any atom is -0.472 e. The summed E-state index contributed by atoms with van der Waals surface area (Å²) in [5.41, 5.74) is 3.15. The summed E-state index contributed by atoms with van der Waals surface area (Å²) in [7, 11) is 1.76. The number of hydrogen-bond donors (Lipinski definition) is 1. The monoisotopic (exact) mass is 463 g/mol. The molecule has 2 amide bonds. The van der Waals surface area contributed by atoms with Crippen molar-refractivity contribution in [3.8, 4) is 5.88 Å². The molecular formula is C27H33N3O4. The van der Waals surface area contributed by atoms with E-state index in [9.17, 15) is 14.7 Å². The second-order valence-corrected chi connectivity index (χ2v) is 9.37. The van der Waals surface area contributed by atoms with Gasteiger partial charge in [-0.3, -0.25) is 9.59 Å². The Labute approximate surface area is 201 Å². The molecule has 3 atom stereocenters. The number of carbonyl (C=O) groups excluding carboxylic acids is 2. The van der Waals surface area contributed by atoms with E-state index < -0.39 is 0 Å². The Morgan fingerprint density at radius 1 is 1.32 bits per heavy atom. The Hall–Kier alpha value is -3.19. The van der Waals surface area contributed by atoms with Crippen molar-refractivity contribution in [1.29, 1.82) is 0 Å². The van der Waals surface area contributed by atoms with Gasteiger partial charge < -0.3 is 19.6 Å². The Morgan fingerprint density at radius 3 is 2.76 bits per heavy atom. The number of amides is 2. The molecule has 0 radical (unpaired) electrons. The van der Waals surface area contributed by atoms with Crippen LogP contribution in [0, 0.1) is 5.92 Å². The van der Waals surface area contributed by atoms with Gasteiger partial charge in [0.25, 0.3) is 11.8 Å². The van der Waals surface area contributed by atoms with Gasteiger partial charge in [-0.15, -0.1) is 0 Å². The van der Waals surface area contributed by atoms with Crippen LogP contribution in [0.4, 0.5) is 0 Å². The molecule has 1 aliphatic heterocycles. The number of pyridine rings is 1. The fourth-order valence-electron chi connectivity index (χ4n) is 4.58. The van der Waals surface area contributed by atoms with Crippen molar-refractivity contribution >= 4 is 17.4 Å². The summed E-state index contributed by atoms with van der Waals surface area (Å²) in [6.45, 7) is 4.45. The third-order valence-electron chi connectivity index (χ3n) is 6.75. The molecule has 2 aromatic rings. The molecule has 180 valence electrons. The topological polar surface area (TPSA) is 83.0 Å². The van der Waals surface area contributed by atoms with E-state index in [4.69, 9.17) is 4.74 Å². The molecule has 0 fully saturated rings. The number of aliphatic hydroxyl groups is 1. The molecule has 2 aliphatic rings. The zero-order chi connectivity index (χ0) is 24.2. The number of rotatable bonds is 6. The van der Waals surface area contributed by atoms with Crippen LogP contribution >= 0.6 is 0 Å². The molecule has 1 N–H and O–H groups in total. The Balaban J connectivity index is 1.65. The molecule has 0 bridgehead atoms. The summed E-state index contributed by atoms with van der Waals surface area (Å²) in [6.07, 6.45) is 6.70. The Kier molecular flexibility index (Phi) is 7.32. The van der Waals surface area contributed by atoms with Gasteiger partial charge in [0.15, 0.2) is 0 Å². The summed E-state index contributed by atoms with van der Waals surface area (Å²) in [5.74, 6) is -0.0916. The number of aromatic nitrogens is 1. The number of benzene rings is 1. The van der Waals surface area contributed by atoms with Crippen LogP contribution in [0.1, 0.15) is 59.4 Å². The van der Waals surface area contributed by atoms with E-state index in [1.54, 1.807) is 35.2 Å². The van der Waals surface area contributed by atoms with Crippen molar-refractivity contribution in [2.24, 2.45) is 5.92 Å². The van der Waals surface area contributed by atoms with Crippen LogP contribution in [0.15, 0.2) is 48.7 Å². The normalized spacial score (nSPS) is 21.1. The molecule has 0 saturated heterocycles. The Morgan fingerprint density at radius 2 is 2.09 bits per heavy atom. The molecule has 4 rings (SSSR count). The molecule has 2 heterocycles. The van der Waals surface area contributed by atoms with Gasteiger partial charge in [0.05, 0.1) is 19.2 Å². The quantitative estimate of drug-likeness (QED) is 0.707. The second-order valence-electron chi connectivity index (χ2n) is 9.37. The van der Waals surface area contributed by atoms with Gasteiger partial charge in [-0.2, -0.15) is 0 Å². The molecule has 0 saturated carbocycles. The van der Waals surface area contributed by atoms with Gasteiger partial charge >= 0.3 is 0 Å². The lowest BCUT2D eigenvalue weighted by molar-refractivity contribution is 0.0313. The lowest BCUT2D eigenvalue weighted by Gasteiger charge is -2.37. The number of aliphatic hydroxyl groups excluding tert-OH is 1. The maximum atomic E-state index is 13.5. The van der Waals surface area contributed by atoms with Gasteiger partial charge in [-0.05, 0) is 55.5 Å².